The van der Waals surface area contributed by atoms with E-state index in [-0.39, 0.29) is 0 Å². The summed E-state index contributed by atoms with van der Waals surface area (Å²) in [6.07, 6.45) is -0.588. The first kappa shape index (κ1) is 13.0. The Kier molecular flexibility index (Phi) is 4.32. The average Bonchev–Trinajstić information content (AvgIpc) is 2.17. The molecule has 0 heterocycles. The molecule has 0 aromatic heterocycles. The van der Waals surface area contributed by atoms with Gasteiger partial charge in [0, 0.05) is 0 Å². The maximum absolute atomic E-state index is 11.5. The summed E-state index contributed by atoms with van der Waals surface area (Å²) >= 11 is 0. The molecule has 0 amide bonds. The van der Waals surface area contributed by atoms with Crippen LogP contribution in [-0.4, -0.2) is 19.9 Å². The third-order valence-corrected chi connectivity index (χ3v) is 3.85. The van der Waals surface area contributed by atoms with E-state index < -0.39 is 21.5 Å². The van der Waals surface area contributed by atoms with Crippen molar-refractivity contribution in [3.05, 3.63) is 30.3 Å². The molecule has 1 N–H and O–H groups in total. The zero-order valence-corrected chi connectivity index (χ0v) is 10.4. The van der Waals surface area contributed by atoms with E-state index in [2.05, 4.69) is 10.8 Å². The topological polar surface area (TPSA) is 55.4 Å². The van der Waals surface area contributed by atoms with Crippen LogP contribution in [0.5, 0.6) is 5.75 Å². The third kappa shape index (κ3) is 3.83. The lowest BCUT2D eigenvalue weighted by Crippen LogP contribution is -2.40. The summed E-state index contributed by atoms with van der Waals surface area (Å²) in [5.74, 6) is 0.609. The second-order valence-corrected chi connectivity index (χ2v) is 5.98. The van der Waals surface area contributed by atoms with E-state index in [1.807, 2.05) is 0 Å². The smallest absolute Gasteiger partial charge is 0.216 e. The molecule has 1 radical (unpaired) electrons. The van der Waals surface area contributed by atoms with E-state index in [4.69, 9.17) is 4.74 Å². The van der Waals surface area contributed by atoms with Crippen LogP contribution < -0.4 is 9.46 Å². The van der Waals surface area contributed by atoms with Crippen LogP contribution in [0.3, 0.4) is 0 Å². The number of benzene rings is 1. The Morgan fingerprint density at radius 2 is 1.81 bits per heavy atom. The molecule has 1 aromatic carbocycles. The molecular formula is C11H16NO3S. The first-order valence-electron chi connectivity index (χ1n) is 5.06. The van der Waals surface area contributed by atoms with Crippen molar-refractivity contribution in [1.82, 2.24) is 4.72 Å². The fourth-order valence-electron chi connectivity index (χ4n) is 1.05. The zero-order chi connectivity index (χ0) is 12.2. The Morgan fingerprint density at radius 3 is 2.31 bits per heavy atom. The van der Waals surface area contributed by atoms with Crippen molar-refractivity contribution in [2.75, 3.05) is 0 Å². The van der Waals surface area contributed by atoms with Gasteiger partial charge in [0.2, 0.25) is 10.0 Å². The molecule has 1 unspecified atom stereocenters. The second-order valence-electron chi connectivity index (χ2n) is 3.71. The van der Waals surface area contributed by atoms with Gasteiger partial charge in [0.05, 0.1) is 5.25 Å². The van der Waals surface area contributed by atoms with Gasteiger partial charge in [-0.15, -0.1) is 0 Å². The fraction of sp³-hybridized carbons (Fsp3) is 0.455. The molecule has 0 bridgehead atoms. The summed E-state index contributed by atoms with van der Waals surface area (Å²) < 4.78 is 30.9. The highest BCUT2D eigenvalue weighted by atomic mass is 32.2. The van der Waals surface area contributed by atoms with Gasteiger partial charge in [-0.05, 0) is 39.0 Å². The van der Waals surface area contributed by atoms with Crippen molar-refractivity contribution in [3.8, 4) is 5.75 Å². The lowest BCUT2D eigenvalue weighted by molar-refractivity contribution is 0.210. The van der Waals surface area contributed by atoms with E-state index in [0.717, 1.165) is 0 Å². The molecule has 0 aliphatic carbocycles. The standard InChI is InChI=1S/C11H16NO3S/c1-9(2)16(13,14)12-10(3)15-11-7-5-4-6-8-11/h5-10,12H,1-3H3. The van der Waals surface area contributed by atoms with Crippen LogP contribution in [-0.2, 0) is 10.0 Å². The van der Waals surface area contributed by atoms with E-state index in [9.17, 15) is 8.42 Å². The van der Waals surface area contributed by atoms with Crippen LogP contribution in [0.2, 0.25) is 0 Å². The van der Waals surface area contributed by atoms with Gasteiger partial charge in [-0.3, -0.25) is 0 Å². The lowest BCUT2D eigenvalue weighted by atomic mass is 10.3. The lowest BCUT2D eigenvalue weighted by Gasteiger charge is -2.17. The molecule has 0 spiro atoms. The van der Waals surface area contributed by atoms with Gasteiger partial charge in [-0.1, -0.05) is 12.1 Å². The van der Waals surface area contributed by atoms with Crippen molar-refractivity contribution in [3.63, 3.8) is 0 Å². The SMILES string of the molecule is CC(NS(=O)(=O)C(C)C)Oc1cc[c]cc1. The van der Waals surface area contributed by atoms with Crippen LogP contribution in [0.25, 0.3) is 0 Å². The molecule has 5 heteroatoms. The largest absolute Gasteiger partial charge is 0.475 e. The number of nitrogens with one attached hydrogen (secondary N) is 1. The Morgan fingerprint density at radius 1 is 1.25 bits per heavy atom. The van der Waals surface area contributed by atoms with Crippen LogP contribution in [0.1, 0.15) is 20.8 Å². The van der Waals surface area contributed by atoms with Crippen molar-refractivity contribution < 1.29 is 13.2 Å². The Balaban J connectivity index is 2.58. The number of rotatable bonds is 5. The van der Waals surface area contributed by atoms with Gasteiger partial charge >= 0.3 is 0 Å². The molecular weight excluding hydrogens is 226 g/mol. The van der Waals surface area contributed by atoms with Gasteiger partial charge in [-0.25, -0.2) is 8.42 Å². The Bertz CT molecular complexity index is 414. The number of ether oxygens (including phenoxy) is 1. The predicted octanol–water partition coefficient (Wildman–Crippen LogP) is 1.54. The van der Waals surface area contributed by atoms with Crippen LogP contribution in [0, 0.1) is 6.07 Å². The zero-order valence-electron chi connectivity index (χ0n) is 9.60. The predicted molar refractivity (Wildman–Crippen MR) is 62.6 cm³/mol. The average molecular weight is 242 g/mol. The van der Waals surface area contributed by atoms with Gasteiger partial charge < -0.3 is 4.74 Å². The molecule has 0 aliphatic rings. The molecule has 0 saturated heterocycles. The van der Waals surface area contributed by atoms with Crippen LogP contribution in [0.4, 0.5) is 0 Å². The minimum atomic E-state index is -3.30. The Labute approximate surface area is 96.7 Å². The highest BCUT2D eigenvalue weighted by molar-refractivity contribution is 7.90. The number of sulfonamides is 1. The third-order valence-electron chi connectivity index (χ3n) is 1.95. The van der Waals surface area contributed by atoms with Gasteiger partial charge in [0.15, 0.2) is 6.23 Å². The molecule has 0 aliphatic heterocycles. The highest BCUT2D eigenvalue weighted by Gasteiger charge is 2.19. The molecule has 1 aromatic rings. The summed E-state index contributed by atoms with van der Waals surface area (Å²) in [6, 6.07) is 9.71. The minimum Gasteiger partial charge on any atom is -0.475 e. The second kappa shape index (κ2) is 5.32. The molecule has 0 fully saturated rings. The number of hydrogen-bond acceptors (Lipinski definition) is 3. The first-order chi connectivity index (χ1) is 7.42. The van der Waals surface area contributed by atoms with E-state index >= 15 is 0 Å². The normalized spacial score (nSPS) is 13.8. The first-order valence-corrected chi connectivity index (χ1v) is 6.60. The molecule has 1 atom stereocenters. The molecule has 0 saturated carbocycles. The van der Waals surface area contributed by atoms with Gasteiger partial charge in [0.25, 0.3) is 0 Å². The van der Waals surface area contributed by atoms with E-state index in [1.165, 1.54) is 0 Å². The van der Waals surface area contributed by atoms with Gasteiger partial charge in [0.1, 0.15) is 5.75 Å². The molecule has 1 rings (SSSR count). The summed E-state index contributed by atoms with van der Waals surface area (Å²) in [5.41, 5.74) is 0. The maximum Gasteiger partial charge on any atom is 0.216 e. The van der Waals surface area contributed by atoms with Crippen molar-refractivity contribution in [1.29, 1.82) is 0 Å². The summed E-state index contributed by atoms with van der Waals surface area (Å²) in [6.45, 7) is 4.88. The van der Waals surface area contributed by atoms with E-state index in [1.54, 1.807) is 45.0 Å². The van der Waals surface area contributed by atoms with Crippen LogP contribution in [0.15, 0.2) is 24.3 Å². The van der Waals surface area contributed by atoms with Crippen molar-refractivity contribution >= 4 is 10.0 Å². The summed E-state index contributed by atoms with van der Waals surface area (Å²) in [4.78, 5) is 0. The maximum atomic E-state index is 11.5. The molecule has 4 nitrogen and oxygen atoms in total. The van der Waals surface area contributed by atoms with Crippen LogP contribution >= 0.6 is 0 Å². The molecule has 16 heavy (non-hydrogen) atoms. The fourth-order valence-corrected chi connectivity index (χ4v) is 1.83. The summed E-state index contributed by atoms with van der Waals surface area (Å²) in [7, 11) is -3.30. The monoisotopic (exact) mass is 242 g/mol. The van der Waals surface area contributed by atoms with Crippen molar-refractivity contribution in [2.45, 2.75) is 32.2 Å². The number of hydrogen-bond donors (Lipinski definition) is 1. The van der Waals surface area contributed by atoms with Crippen molar-refractivity contribution in [2.24, 2.45) is 0 Å². The van der Waals surface area contributed by atoms with Gasteiger partial charge in [-0.2, -0.15) is 4.72 Å². The minimum absolute atomic E-state index is 0.470. The quantitative estimate of drug-likeness (QED) is 0.797. The Hall–Kier alpha value is -1.07. The molecule has 89 valence electrons. The summed E-state index contributed by atoms with van der Waals surface area (Å²) in [5, 5.41) is -0.470. The highest BCUT2D eigenvalue weighted by Crippen LogP contribution is 2.10. The van der Waals surface area contributed by atoms with E-state index in [0.29, 0.717) is 5.75 Å².